The highest BCUT2D eigenvalue weighted by Crippen LogP contribution is 2.30. The molecule has 0 spiro atoms. The van der Waals surface area contributed by atoms with Gasteiger partial charge in [0.1, 0.15) is 5.75 Å². The number of aromatic nitrogens is 1. The SMILES string of the molecule is COc1ccc(C)c2c(CCCC(=O)O)c[nH]c12. The molecular weight excluding hydrogens is 230 g/mol. The van der Waals surface area contributed by atoms with Crippen LogP contribution in [-0.4, -0.2) is 23.2 Å². The molecule has 4 nitrogen and oxygen atoms in total. The van der Waals surface area contributed by atoms with E-state index in [9.17, 15) is 4.79 Å². The Labute approximate surface area is 106 Å². The average molecular weight is 247 g/mol. The van der Waals surface area contributed by atoms with E-state index in [1.54, 1.807) is 7.11 Å². The van der Waals surface area contributed by atoms with Crippen LogP contribution in [0.1, 0.15) is 24.0 Å². The molecule has 18 heavy (non-hydrogen) atoms. The lowest BCUT2D eigenvalue weighted by Gasteiger charge is -2.05. The first-order chi connectivity index (χ1) is 8.63. The first-order valence-corrected chi connectivity index (χ1v) is 5.99. The lowest BCUT2D eigenvalue weighted by atomic mass is 10.0. The second-order valence-corrected chi connectivity index (χ2v) is 4.40. The number of methoxy groups -OCH3 is 1. The third kappa shape index (κ3) is 2.32. The Bertz CT molecular complexity index is 572. The molecule has 2 N–H and O–H groups in total. The molecular formula is C14H17NO3. The minimum absolute atomic E-state index is 0.204. The minimum Gasteiger partial charge on any atom is -0.495 e. The van der Waals surface area contributed by atoms with Gasteiger partial charge >= 0.3 is 5.97 Å². The highest BCUT2D eigenvalue weighted by molar-refractivity contribution is 5.91. The van der Waals surface area contributed by atoms with Crippen molar-refractivity contribution in [3.05, 3.63) is 29.5 Å². The fourth-order valence-corrected chi connectivity index (χ4v) is 2.27. The van der Waals surface area contributed by atoms with Gasteiger partial charge in [-0.2, -0.15) is 0 Å². The molecule has 0 amide bonds. The topological polar surface area (TPSA) is 62.3 Å². The van der Waals surface area contributed by atoms with Crippen LogP contribution in [0.4, 0.5) is 0 Å². The summed E-state index contributed by atoms with van der Waals surface area (Å²) in [7, 11) is 1.65. The third-order valence-electron chi connectivity index (χ3n) is 3.14. The third-order valence-corrected chi connectivity index (χ3v) is 3.14. The number of hydrogen-bond acceptors (Lipinski definition) is 2. The van der Waals surface area contributed by atoms with E-state index in [4.69, 9.17) is 9.84 Å². The molecule has 2 aromatic rings. The van der Waals surface area contributed by atoms with E-state index < -0.39 is 5.97 Å². The highest BCUT2D eigenvalue weighted by atomic mass is 16.5. The average Bonchev–Trinajstić information content (AvgIpc) is 2.74. The van der Waals surface area contributed by atoms with Gasteiger partial charge in [0.05, 0.1) is 12.6 Å². The van der Waals surface area contributed by atoms with E-state index in [0.717, 1.165) is 28.6 Å². The van der Waals surface area contributed by atoms with Gasteiger partial charge in [0, 0.05) is 18.0 Å². The number of nitrogens with one attached hydrogen (secondary N) is 1. The fourth-order valence-electron chi connectivity index (χ4n) is 2.27. The summed E-state index contributed by atoms with van der Waals surface area (Å²) in [5, 5.41) is 9.82. The van der Waals surface area contributed by atoms with Crippen molar-refractivity contribution < 1.29 is 14.6 Å². The molecule has 1 aromatic heterocycles. The molecule has 0 unspecified atom stereocenters. The monoisotopic (exact) mass is 247 g/mol. The van der Waals surface area contributed by atoms with Crippen LogP contribution in [-0.2, 0) is 11.2 Å². The number of H-pyrrole nitrogens is 1. The lowest BCUT2D eigenvalue weighted by Crippen LogP contribution is -1.95. The van der Waals surface area contributed by atoms with Crippen molar-refractivity contribution in [3.63, 3.8) is 0 Å². The number of hydrogen-bond donors (Lipinski definition) is 2. The van der Waals surface area contributed by atoms with E-state index in [2.05, 4.69) is 11.9 Å². The Kier molecular flexibility index (Phi) is 3.55. The molecule has 4 heteroatoms. The Morgan fingerprint density at radius 3 is 2.89 bits per heavy atom. The second-order valence-electron chi connectivity index (χ2n) is 4.40. The van der Waals surface area contributed by atoms with Crippen molar-refractivity contribution in [3.8, 4) is 5.75 Å². The Morgan fingerprint density at radius 2 is 2.22 bits per heavy atom. The summed E-state index contributed by atoms with van der Waals surface area (Å²) >= 11 is 0. The van der Waals surface area contributed by atoms with Gasteiger partial charge in [-0.15, -0.1) is 0 Å². The molecule has 0 fully saturated rings. The molecule has 96 valence electrons. The van der Waals surface area contributed by atoms with Gasteiger partial charge < -0.3 is 14.8 Å². The zero-order chi connectivity index (χ0) is 13.1. The van der Waals surface area contributed by atoms with E-state index >= 15 is 0 Å². The predicted molar refractivity (Wildman–Crippen MR) is 70.2 cm³/mol. The smallest absolute Gasteiger partial charge is 0.303 e. The van der Waals surface area contributed by atoms with Crippen LogP contribution in [0.15, 0.2) is 18.3 Å². The maximum atomic E-state index is 10.5. The number of aromatic amines is 1. The van der Waals surface area contributed by atoms with E-state index in [-0.39, 0.29) is 6.42 Å². The molecule has 0 saturated heterocycles. The van der Waals surface area contributed by atoms with Crippen molar-refractivity contribution in [2.24, 2.45) is 0 Å². The van der Waals surface area contributed by atoms with Crippen LogP contribution in [0.3, 0.4) is 0 Å². The quantitative estimate of drug-likeness (QED) is 0.854. The zero-order valence-corrected chi connectivity index (χ0v) is 10.6. The summed E-state index contributed by atoms with van der Waals surface area (Å²) in [6.45, 7) is 2.05. The van der Waals surface area contributed by atoms with Crippen molar-refractivity contribution >= 4 is 16.9 Å². The van der Waals surface area contributed by atoms with Gasteiger partial charge in [-0.1, -0.05) is 6.07 Å². The van der Waals surface area contributed by atoms with Crippen molar-refractivity contribution in [1.29, 1.82) is 0 Å². The van der Waals surface area contributed by atoms with Gasteiger partial charge in [-0.3, -0.25) is 4.79 Å². The number of fused-ring (bicyclic) bond motifs is 1. The van der Waals surface area contributed by atoms with Crippen molar-refractivity contribution in [2.45, 2.75) is 26.2 Å². The number of carboxylic acids is 1. The minimum atomic E-state index is -0.746. The number of rotatable bonds is 5. The summed E-state index contributed by atoms with van der Waals surface area (Å²) in [4.78, 5) is 13.7. The van der Waals surface area contributed by atoms with E-state index in [1.807, 2.05) is 18.3 Å². The standard InChI is InChI=1S/C14H17NO3/c1-9-6-7-11(18-2)14-13(9)10(8-15-14)4-3-5-12(16)17/h6-8,15H,3-5H2,1-2H3,(H,16,17). The first kappa shape index (κ1) is 12.5. The van der Waals surface area contributed by atoms with Crippen LogP contribution in [0, 0.1) is 6.92 Å². The predicted octanol–water partition coefficient (Wildman–Crippen LogP) is 2.89. The normalized spacial score (nSPS) is 10.8. The fraction of sp³-hybridized carbons (Fsp3) is 0.357. The van der Waals surface area contributed by atoms with Gasteiger partial charge in [-0.05, 0) is 37.0 Å². The zero-order valence-electron chi connectivity index (χ0n) is 10.6. The largest absolute Gasteiger partial charge is 0.495 e. The number of benzene rings is 1. The maximum Gasteiger partial charge on any atom is 0.303 e. The number of aryl methyl sites for hydroxylation is 2. The number of carboxylic acid groups (broad SMARTS) is 1. The molecule has 0 atom stereocenters. The van der Waals surface area contributed by atoms with Gasteiger partial charge in [0.15, 0.2) is 0 Å². The van der Waals surface area contributed by atoms with Crippen LogP contribution < -0.4 is 4.74 Å². The molecule has 1 heterocycles. The Hall–Kier alpha value is -1.97. The lowest BCUT2D eigenvalue weighted by molar-refractivity contribution is -0.137. The first-order valence-electron chi connectivity index (χ1n) is 5.99. The Balaban J connectivity index is 2.32. The summed E-state index contributed by atoms with van der Waals surface area (Å²) in [6.07, 6.45) is 3.57. The van der Waals surface area contributed by atoms with Crippen LogP contribution >= 0.6 is 0 Å². The summed E-state index contributed by atoms with van der Waals surface area (Å²) < 4.78 is 5.31. The van der Waals surface area contributed by atoms with Gasteiger partial charge in [0.2, 0.25) is 0 Å². The summed E-state index contributed by atoms with van der Waals surface area (Å²) in [6, 6.07) is 3.96. The van der Waals surface area contributed by atoms with Gasteiger partial charge in [0.25, 0.3) is 0 Å². The van der Waals surface area contributed by atoms with Gasteiger partial charge in [-0.25, -0.2) is 0 Å². The van der Waals surface area contributed by atoms with Crippen molar-refractivity contribution in [1.82, 2.24) is 4.98 Å². The van der Waals surface area contributed by atoms with Crippen LogP contribution in [0.5, 0.6) is 5.75 Å². The molecule has 0 radical (unpaired) electrons. The maximum absolute atomic E-state index is 10.5. The van der Waals surface area contributed by atoms with Crippen LogP contribution in [0.2, 0.25) is 0 Å². The molecule has 0 bridgehead atoms. The van der Waals surface area contributed by atoms with E-state index in [0.29, 0.717) is 6.42 Å². The van der Waals surface area contributed by atoms with Crippen LogP contribution in [0.25, 0.3) is 10.9 Å². The Morgan fingerprint density at radius 1 is 1.44 bits per heavy atom. The molecule has 2 rings (SSSR count). The summed E-state index contributed by atoms with van der Waals surface area (Å²) in [5.74, 6) is 0.0734. The number of ether oxygens (including phenoxy) is 1. The molecule has 0 aliphatic heterocycles. The molecule has 0 aliphatic carbocycles. The molecule has 1 aromatic carbocycles. The molecule has 0 saturated carbocycles. The van der Waals surface area contributed by atoms with Crippen molar-refractivity contribution in [2.75, 3.05) is 7.11 Å². The second kappa shape index (κ2) is 5.12. The van der Waals surface area contributed by atoms with E-state index in [1.165, 1.54) is 5.56 Å². The highest BCUT2D eigenvalue weighted by Gasteiger charge is 2.10. The molecule has 0 aliphatic rings. The number of carbonyl (C=O) groups is 1. The number of aliphatic carboxylic acids is 1. The summed E-state index contributed by atoms with van der Waals surface area (Å²) in [5.41, 5.74) is 3.32.